The molecule has 7 nitrogen and oxygen atoms in total. The van der Waals surface area contributed by atoms with E-state index in [1.165, 1.54) is 0 Å². The predicted octanol–water partition coefficient (Wildman–Crippen LogP) is 4.31. The molecule has 0 fully saturated rings. The molecule has 2 rings (SSSR count). The normalized spacial score (nSPS) is 12.5. The van der Waals surface area contributed by atoms with Gasteiger partial charge in [-0.3, -0.25) is 4.90 Å². The first-order chi connectivity index (χ1) is 14.5. The minimum atomic E-state index is 0. The Balaban J connectivity index is 0.00000480. The van der Waals surface area contributed by atoms with Gasteiger partial charge in [0.1, 0.15) is 12.4 Å². The third-order valence-corrected chi connectivity index (χ3v) is 5.71. The van der Waals surface area contributed by atoms with Crippen molar-refractivity contribution in [1.29, 1.82) is 0 Å². The van der Waals surface area contributed by atoms with E-state index in [-0.39, 0.29) is 30.0 Å². The quantitative estimate of drug-likeness (QED) is 0.185. The predicted molar refractivity (Wildman–Crippen MR) is 140 cm³/mol. The Hall–Kier alpha value is -1.39. The van der Waals surface area contributed by atoms with Crippen molar-refractivity contribution >= 4 is 41.5 Å². The number of benzene rings is 1. The van der Waals surface area contributed by atoms with Gasteiger partial charge in [-0.25, -0.2) is 4.99 Å². The number of nitrogens with one attached hydrogen (secondary N) is 2. The van der Waals surface area contributed by atoms with Gasteiger partial charge in [0, 0.05) is 25.2 Å². The van der Waals surface area contributed by atoms with E-state index in [1.807, 2.05) is 36.7 Å². The molecule has 2 N–H and O–H groups in total. The summed E-state index contributed by atoms with van der Waals surface area (Å²) in [7, 11) is 1.96. The van der Waals surface area contributed by atoms with Crippen molar-refractivity contribution in [3.05, 3.63) is 46.5 Å². The summed E-state index contributed by atoms with van der Waals surface area (Å²) in [5, 5.41) is 16.1. The van der Waals surface area contributed by atoms with Crippen molar-refractivity contribution in [2.45, 2.75) is 53.1 Å². The molecule has 1 atom stereocenters. The molecule has 0 bridgehead atoms. The average Bonchev–Trinajstić information content (AvgIpc) is 3.07. The molecule has 1 aromatic carbocycles. The van der Waals surface area contributed by atoms with E-state index in [0.717, 1.165) is 60.7 Å². The topological polar surface area (TPSA) is 70.4 Å². The summed E-state index contributed by atoms with van der Waals surface area (Å²) >= 11 is 6.54. The summed E-state index contributed by atoms with van der Waals surface area (Å²) in [6, 6.07) is 8.24. The maximum Gasteiger partial charge on any atom is 0.191 e. The second kappa shape index (κ2) is 14.6. The highest BCUT2D eigenvalue weighted by Crippen LogP contribution is 2.26. The molecule has 174 valence electrons. The zero-order valence-corrected chi connectivity index (χ0v) is 22.4. The van der Waals surface area contributed by atoms with Gasteiger partial charge >= 0.3 is 0 Å². The van der Waals surface area contributed by atoms with E-state index in [9.17, 15) is 0 Å². The van der Waals surface area contributed by atoms with Crippen LogP contribution in [0, 0.1) is 6.92 Å². The van der Waals surface area contributed by atoms with Crippen LogP contribution in [0.3, 0.4) is 0 Å². The molecule has 0 amide bonds. The second-order valence-corrected chi connectivity index (χ2v) is 7.71. The van der Waals surface area contributed by atoms with Gasteiger partial charge in [-0.05, 0) is 38.1 Å². The maximum atomic E-state index is 6.54. The van der Waals surface area contributed by atoms with Crippen molar-refractivity contribution in [2.75, 3.05) is 26.2 Å². The number of unbranched alkanes of at least 4 members (excludes halogenated alkanes) is 1. The van der Waals surface area contributed by atoms with E-state index >= 15 is 0 Å². The van der Waals surface area contributed by atoms with Crippen LogP contribution in [0.5, 0.6) is 0 Å². The minimum absolute atomic E-state index is 0. The van der Waals surface area contributed by atoms with Crippen LogP contribution in [-0.2, 0) is 13.6 Å². The molecular weight excluding hydrogens is 525 g/mol. The molecule has 0 aliphatic carbocycles. The Morgan fingerprint density at radius 3 is 2.45 bits per heavy atom. The number of hydrogen-bond acceptors (Lipinski definition) is 4. The molecule has 2 aromatic rings. The molecule has 0 saturated carbocycles. The Labute approximate surface area is 209 Å². The summed E-state index contributed by atoms with van der Waals surface area (Å²) in [6.07, 6.45) is 2.22. The van der Waals surface area contributed by atoms with Crippen LogP contribution >= 0.6 is 35.6 Å². The van der Waals surface area contributed by atoms with Gasteiger partial charge in [0.25, 0.3) is 0 Å². The van der Waals surface area contributed by atoms with Crippen molar-refractivity contribution in [2.24, 2.45) is 12.0 Å². The number of likely N-dealkylation sites (N-methyl/N-ethyl adjacent to an activating group) is 1. The lowest BCUT2D eigenvalue weighted by molar-refractivity contribution is 0.219. The van der Waals surface area contributed by atoms with Crippen molar-refractivity contribution < 1.29 is 0 Å². The van der Waals surface area contributed by atoms with Crippen LogP contribution < -0.4 is 10.6 Å². The van der Waals surface area contributed by atoms with Gasteiger partial charge in [-0.1, -0.05) is 57.0 Å². The smallest absolute Gasteiger partial charge is 0.191 e. The number of aromatic nitrogens is 3. The number of nitrogens with zero attached hydrogens (tertiary/aromatic N) is 5. The number of halogens is 2. The molecule has 0 spiro atoms. The first kappa shape index (κ1) is 27.6. The van der Waals surface area contributed by atoms with Gasteiger partial charge in [0.05, 0.1) is 6.04 Å². The monoisotopic (exact) mass is 561 g/mol. The van der Waals surface area contributed by atoms with Crippen LogP contribution in [0.1, 0.15) is 56.9 Å². The lowest BCUT2D eigenvalue weighted by Gasteiger charge is -2.31. The molecule has 0 aliphatic heterocycles. The summed E-state index contributed by atoms with van der Waals surface area (Å²) in [4.78, 5) is 7.17. The summed E-state index contributed by atoms with van der Waals surface area (Å²) in [6.45, 7) is 12.4. The maximum absolute atomic E-state index is 6.54. The van der Waals surface area contributed by atoms with Crippen molar-refractivity contribution in [3.8, 4) is 0 Å². The minimum Gasteiger partial charge on any atom is -0.356 e. The number of rotatable bonds is 11. The third kappa shape index (κ3) is 8.23. The molecular formula is C22H37ClIN7. The van der Waals surface area contributed by atoms with Crippen molar-refractivity contribution in [1.82, 2.24) is 30.3 Å². The Kier molecular flexibility index (Phi) is 13.0. The van der Waals surface area contributed by atoms with E-state index < -0.39 is 0 Å². The molecule has 1 unspecified atom stereocenters. The Morgan fingerprint density at radius 2 is 1.87 bits per heavy atom. The van der Waals surface area contributed by atoms with Crippen LogP contribution in [0.4, 0.5) is 0 Å². The first-order valence-corrected chi connectivity index (χ1v) is 11.2. The Morgan fingerprint density at radius 1 is 1.16 bits per heavy atom. The van der Waals surface area contributed by atoms with Gasteiger partial charge in [0.2, 0.25) is 0 Å². The fourth-order valence-electron chi connectivity index (χ4n) is 3.34. The average molecular weight is 562 g/mol. The SMILES string of the molecule is CCCCNC(=NCc1nnc(C)n1C)NCC(c1ccccc1Cl)N(CC)CC.I. The molecule has 31 heavy (non-hydrogen) atoms. The lowest BCUT2D eigenvalue weighted by Crippen LogP contribution is -2.43. The zero-order valence-electron chi connectivity index (χ0n) is 19.4. The fourth-order valence-corrected chi connectivity index (χ4v) is 3.60. The highest BCUT2D eigenvalue weighted by molar-refractivity contribution is 14.0. The van der Waals surface area contributed by atoms with Crippen LogP contribution in [-0.4, -0.2) is 51.8 Å². The molecule has 1 heterocycles. The van der Waals surface area contributed by atoms with Gasteiger partial charge in [-0.15, -0.1) is 34.2 Å². The second-order valence-electron chi connectivity index (χ2n) is 7.31. The lowest BCUT2D eigenvalue weighted by atomic mass is 10.0. The van der Waals surface area contributed by atoms with Gasteiger partial charge in [-0.2, -0.15) is 0 Å². The van der Waals surface area contributed by atoms with Crippen molar-refractivity contribution in [3.63, 3.8) is 0 Å². The molecule has 1 aromatic heterocycles. The zero-order chi connectivity index (χ0) is 21.9. The van der Waals surface area contributed by atoms with Crippen LogP contribution in [0.2, 0.25) is 5.02 Å². The molecule has 0 aliphatic rings. The van der Waals surface area contributed by atoms with E-state index in [0.29, 0.717) is 13.1 Å². The van der Waals surface area contributed by atoms with Crippen LogP contribution in [0.15, 0.2) is 29.3 Å². The number of aliphatic imine (C=N–C) groups is 1. The fraction of sp³-hybridized carbons (Fsp3) is 0.591. The number of aryl methyl sites for hydroxylation is 1. The largest absolute Gasteiger partial charge is 0.356 e. The standard InChI is InChI=1S/C22H36ClN7.HI/c1-6-9-14-24-22(26-16-21-28-27-17(4)29(21)5)25-15-20(30(7-2)8-3)18-12-10-11-13-19(18)23;/h10-13,20H,6-9,14-16H2,1-5H3,(H2,24,25,26);1H. The molecule has 9 heteroatoms. The third-order valence-electron chi connectivity index (χ3n) is 5.36. The van der Waals surface area contributed by atoms with E-state index in [4.69, 9.17) is 16.6 Å². The number of hydrogen-bond donors (Lipinski definition) is 2. The first-order valence-electron chi connectivity index (χ1n) is 10.9. The summed E-state index contributed by atoms with van der Waals surface area (Å²) in [5.74, 6) is 2.51. The molecule has 0 radical (unpaired) electrons. The molecule has 0 saturated heterocycles. The van der Waals surface area contributed by atoms with Crippen LogP contribution in [0.25, 0.3) is 0 Å². The highest BCUT2D eigenvalue weighted by atomic mass is 127. The summed E-state index contributed by atoms with van der Waals surface area (Å²) < 4.78 is 1.97. The van der Waals surface area contributed by atoms with E-state index in [1.54, 1.807) is 0 Å². The van der Waals surface area contributed by atoms with E-state index in [2.05, 4.69) is 52.6 Å². The number of guanidine groups is 1. The van der Waals surface area contributed by atoms with Gasteiger partial charge < -0.3 is 15.2 Å². The highest BCUT2D eigenvalue weighted by Gasteiger charge is 2.20. The van der Waals surface area contributed by atoms with Gasteiger partial charge in [0.15, 0.2) is 11.8 Å². The Bertz CT molecular complexity index is 805. The summed E-state index contributed by atoms with van der Waals surface area (Å²) in [5.41, 5.74) is 1.13.